The van der Waals surface area contributed by atoms with E-state index in [1.807, 2.05) is 12.1 Å². The van der Waals surface area contributed by atoms with Gasteiger partial charge in [0.15, 0.2) is 0 Å². The summed E-state index contributed by atoms with van der Waals surface area (Å²) in [6.45, 7) is 4.92. The van der Waals surface area contributed by atoms with Gasteiger partial charge in [0.25, 0.3) is 0 Å². The first kappa shape index (κ1) is 14.6. The van der Waals surface area contributed by atoms with Gasteiger partial charge in [-0.3, -0.25) is 0 Å². The van der Waals surface area contributed by atoms with Gasteiger partial charge in [-0.15, -0.1) is 0 Å². The van der Waals surface area contributed by atoms with Crippen molar-refractivity contribution in [3.8, 4) is 5.75 Å². The average molecular weight is 269 g/mol. The maximum atomic E-state index is 5.99. The zero-order valence-corrected chi connectivity index (χ0v) is 12.5. The Morgan fingerprint density at radius 2 is 1.75 bits per heavy atom. The topological polar surface area (TPSA) is 35.2 Å². The third-order valence-corrected chi connectivity index (χ3v) is 3.62. The number of hydrogen-bond acceptors (Lipinski definition) is 2. The van der Waals surface area contributed by atoms with Crippen molar-refractivity contribution in [3.05, 3.63) is 64.7 Å². The Labute approximate surface area is 121 Å². The Hall–Kier alpha value is -1.80. The maximum absolute atomic E-state index is 5.99. The van der Waals surface area contributed by atoms with E-state index in [9.17, 15) is 0 Å². The summed E-state index contributed by atoms with van der Waals surface area (Å²) in [7, 11) is 1.70. The highest BCUT2D eigenvalue weighted by Crippen LogP contribution is 2.24. The molecule has 0 fully saturated rings. The molecule has 0 bridgehead atoms. The normalized spacial score (nSPS) is 12.2. The van der Waals surface area contributed by atoms with E-state index < -0.39 is 0 Å². The van der Waals surface area contributed by atoms with Gasteiger partial charge in [-0.05, 0) is 50.1 Å². The van der Waals surface area contributed by atoms with Gasteiger partial charge in [-0.25, -0.2) is 0 Å². The quantitative estimate of drug-likeness (QED) is 0.900. The number of hydrogen-bond donors (Lipinski definition) is 1. The van der Waals surface area contributed by atoms with Crippen molar-refractivity contribution in [2.45, 2.75) is 26.2 Å². The van der Waals surface area contributed by atoms with E-state index >= 15 is 0 Å². The van der Waals surface area contributed by atoms with Crippen LogP contribution in [0.25, 0.3) is 0 Å². The zero-order chi connectivity index (χ0) is 14.5. The highest BCUT2D eigenvalue weighted by atomic mass is 16.5. The molecule has 2 rings (SSSR count). The van der Waals surface area contributed by atoms with E-state index in [2.05, 4.69) is 44.2 Å². The minimum atomic E-state index is 0.348. The minimum absolute atomic E-state index is 0.348. The molecule has 0 amide bonds. The van der Waals surface area contributed by atoms with Crippen LogP contribution in [-0.4, -0.2) is 13.7 Å². The highest BCUT2D eigenvalue weighted by Gasteiger charge is 2.12. The van der Waals surface area contributed by atoms with Crippen molar-refractivity contribution in [1.82, 2.24) is 0 Å². The highest BCUT2D eigenvalue weighted by molar-refractivity contribution is 5.34. The summed E-state index contributed by atoms with van der Waals surface area (Å²) < 4.78 is 5.28. The zero-order valence-electron chi connectivity index (χ0n) is 12.5. The van der Waals surface area contributed by atoms with Gasteiger partial charge >= 0.3 is 0 Å². The predicted octanol–water partition coefficient (Wildman–Crippen LogP) is 3.60. The molecule has 1 unspecified atom stereocenters. The SMILES string of the molecule is COc1cccc(CC(CN)c2cc(C)cc(C)c2)c1. The lowest BCUT2D eigenvalue weighted by molar-refractivity contribution is 0.414. The number of benzene rings is 2. The Kier molecular flexibility index (Phi) is 4.80. The van der Waals surface area contributed by atoms with Crippen LogP contribution in [0.1, 0.15) is 28.2 Å². The summed E-state index contributed by atoms with van der Waals surface area (Å²) in [6.07, 6.45) is 0.941. The fraction of sp³-hybridized carbons (Fsp3) is 0.333. The molecule has 2 nitrogen and oxygen atoms in total. The molecule has 0 saturated heterocycles. The Morgan fingerprint density at radius 3 is 2.35 bits per heavy atom. The van der Waals surface area contributed by atoms with Crippen LogP contribution in [0.3, 0.4) is 0 Å². The van der Waals surface area contributed by atoms with Crippen LogP contribution in [0.5, 0.6) is 5.75 Å². The van der Waals surface area contributed by atoms with Crippen LogP contribution in [0.2, 0.25) is 0 Å². The van der Waals surface area contributed by atoms with E-state index in [4.69, 9.17) is 10.5 Å². The molecule has 0 aromatic heterocycles. The molecule has 0 aliphatic carbocycles. The van der Waals surface area contributed by atoms with E-state index in [1.54, 1.807) is 7.11 Å². The Balaban J connectivity index is 2.23. The second kappa shape index (κ2) is 6.58. The van der Waals surface area contributed by atoms with Gasteiger partial charge in [-0.2, -0.15) is 0 Å². The molecule has 2 aromatic carbocycles. The maximum Gasteiger partial charge on any atom is 0.119 e. The van der Waals surface area contributed by atoms with Crippen LogP contribution in [0.15, 0.2) is 42.5 Å². The molecule has 0 heterocycles. The second-order valence-electron chi connectivity index (χ2n) is 5.41. The lowest BCUT2D eigenvalue weighted by Gasteiger charge is -2.17. The summed E-state index contributed by atoms with van der Waals surface area (Å²) in [5, 5.41) is 0. The molecule has 2 N–H and O–H groups in total. The average Bonchev–Trinajstić information content (AvgIpc) is 2.44. The van der Waals surface area contributed by atoms with Crippen LogP contribution in [0, 0.1) is 13.8 Å². The smallest absolute Gasteiger partial charge is 0.119 e. The third kappa shape index (κ3) is 3.61. The summed E-state index contributed by atoms with van der Waals surface area (Å²) in [5.74, 6) is 1.25. The predicted molar refractivity (Wildman–Crippen MR) is 84.4 cm³/mol. The molecule has 20 heavy (non-hydrogen) atoms. The molecule has 2 aromatic rings. The third-order valence-electron chi connectivity index (χ3n) is 3.62. The molecule has 106 valence electrons. The first-order chi connectivity index (χ1) is 9.62. The molecule has 0 saturated carbocycles. The van der Waals surface area contributed by atoms with Crippen molar-refractivity contribution in [2.75, 3.05) is 13.7 Å². The lowest BCUT2D eigenvalue weighted by atomic mass is 9.90. The van der Waals surface area contributed by atoms with Crippen molar-refractivity contribution < 1.29 is 4.74 Å². The fourth-order valence-corrected chi connectivity index (χ4v) is 2.67. The molecule has 0 aliphatic rings. The molecular weight excluding hydrogens is 246 g/mol. The standard InChI is InChI=1S/C18H23NO/c1-13-7-14(2)9-16(8-13)17(12-19)10-15-5-4-6-18(11-15)20-3/h4-9,11,17H,10,12,19H2,1-3H3. The van der Waals surface area contributed by atoms with Crippen LogP contribution >= 0.6 is 0 Å². The number of aryl methyl sites for hydroxylation is 2. The largest absolute Gasteiger partial charge is 0.497 e. The van der Waals surface area contributed by atoms with Crippen LogP contribution in [0.4, 0.5) is 0 Å². The molecule has 1 atom stereocenters. The second-order valence-corrected chi connectivity index (χ2v) is 5.41. The van der Waals surface area contributed by atoms with Crippen molar-refractivity contribution in [1.29, 1.82) is 0 Å². The van der Waals surface area contributed by atoms with Gasteiger partial charge in [0.2, 0.25) is 0 Å². The van der Waals surface area contributed by atoms with Crippen LogP contribution < -0.4 is 10.5 Å². The molecular formula is C18H23NO. The summed E-state index contributed by atoms with van der Waals surface area (Å²) >= 11 is 0. The molecule has 0 spiro atoms. The van der Waals surface area contributed by atoms with Gasteiger partial charge < -0.3 is 10.5 Å². The van der Waals surface area contributed by atoms with E-state index in [-0.39, 0.29) is 0 Å². The lowest BCUT2D eigenvalue weighted by Crippen LogP contribution is -2.15. The van der Waals surface area contributed by atoms with Gasteiger partial charge in [0.1, 0.15) is 5.75 Å². The van der Waals surface area contributed by atoms with Crippen molar-refractivity contribution >= 4 is 0 Å². The number of ether oxygens (including phenoxy) is 1. The Bertz CT molecular complexity index is 557. The number of rotatable bonds is 5. The first-order valence-electron chi connectivity index (χ1n) is 7.03. The van der Waals surface area contributed by atoms with Crippen molar-refractivity contribution in [2.24, 2.45) is 5.73 Å². The first-order valence-corrected chi connectivity index (χ1v) is 7.03. The fourth-order valence-electron chi connectivity index (χ4n) is 2.67. The van der Waals surface area contributed by atoms with E-state index in [1.165, 1.54) is 22.3 Å². The molecule has 0 radical (unpaired) electrons. The molecule has 0 aliphatic heterocycles. The summed E-state index contributed by atoms with van der Waals surface area (Å²) in [4.78, 5) is 0. The monoisotopic (exact) mass is 269 g/mol. The number of nitrogens with two attached hydrogens (primary N) is 1. The summed E-state index contributed by atoms with van der Waals surface area (Å²) in [5.41, 5.74) is 11.2. The van der Waals surface area contributed by atoms with Gasteiger partial charge in [-0.1, -0.05) is 41.5 Å². The van der Waals surface area contributed by atoms with Gasteiger partial charge in [0.05, 0.1) is 7.11 Å². The number of methoxy groups -OCH3 is 1. The summed E-state index contributed by atoms with van der Waals surface area (Å²) in [6, 6.07) is 14.9. The van der Waals surface area contributed by atoms with Crippen molar-refractivity contribution in [3.63, 3.8) is 0 Å². The van der Waals surface area contributed by atoms with E-state index in [0.717, 1.165) is 12.2 Å². The minimum Gasteiger partial charge on any atom is -0.497 e. The van der Waals surface area contributed by atoms with E-state index in [0.29, 0.717) is 12.5 Å². The molecule has 2 heteroatoms. The van der Waals surface area contributed by atoms with Crippen LogP contribution in [-0.2, 0) is 6.42 Å². The Morgan fingerprint density at radius 1 is 1.05 bits per heavy atom. The van der Waals surface area contributed by atoms with Gasteiger partial charge in [0, 0.05) is 5.92 Å².